The van der Waals surface area contributed by atoms with Crippen LogP contribution >= 0.6 is 0 Å². The summed E-state index contributed by atoms with van der Waals surface area (Å²) in [4.78, 5) is 4.29. The maximum absolute atomic E-state index is 8.77. The van der Waals surface area contributed by atoms with Gasteiger partial charge in [-0.1, -0.05) is 12.1 Å². The van der Waals surface area contributed by atoms with Gasteiger partial charge in [0.05, 0.1) is 18.2 Å². The average Bonchev–Trinajstić information content (AvgIpc) is 2.34. The van der Waals surface area contributed by atoms with Crippen LogP contribution in [0.1, 0.15) is 25.0 Å². The number of nitrogens with one attached hydrogen (secondary N) is 2. The first-order valence-electron chi connectivity index (χ1n) is 5.42. The molecule has 0 radical (unpaired) electrons. The summed E-state index contributed by atoms with van der Waals surface area (Å²) < 4.78 is 0. The second-order valence-electron chi connectivity index (χ2n) is 3.92. The summed E-state index contributed by atoms with van der Waals surface area (Å²) in [5.74, 6) is 5.89. The van der Waals surface area contributed by atoms with Crippen LogP contribution in [0.25, 0.3) is 0 Å². The van der Waals surface area contributed by atoms with E-state index in [4.69, 9.17) is 11.1 Å². The monoisotopic (exact) mass is 231 g/mol. The number of guanidine groups is 1. The Morgan fingerprint density at radius 2 is 2.29 bits per heavy atom. The summed E-state index contributed by atoms with van der Waals surface area (Å²) in [5, 5.41) is 11.9. The molecule has 0 atom stereocenters. The highest BCUT2D eigenvalue weighted by molar-refractivity contribution is 5.79. The lowest BCUT2D eigenvalue weighted by Crippen LogP contribution is -2.44. The van der Waals surface area contributed by atoms with Gasteiger partial charge in [0.25, 0.3) is 0 Å². The first kappa shape index (κ1) is 13.0. The molecule has 0 aliphatic heterocycles. The van der Waals surface area contributed by atoms with E-state index in [0.29, 0.717) is 18.1 Å². The molecule has 0 heterocycles. The number of nitrogens with two attached hydrogens (primary N) is 1. The summed E-state index contributed by atoms with van der Waals surface area (Å²) in [6.07, 6.45) is 0. The first-order valence-corrected chi connectivity index (χ1v) is 5.42. The lowest BCUT2D eigenvalue weighted by Gasteiger charge is -2.11. The van der Waals surface area contributed by atoms with E-state index in [1.807, 2.05) is 32.0 Å². The van der Waals surface area contributed by atoms with Gasteiger partial charge in [-0.3, -0.25) is 5.43 Å². The van der Waals surface area contributed by atoms with E-state index in [0.717, 1.165) is 5.56 Å². The Balaban J connectivity index is 2.70. The molecule has 17 heavy (non-hydrogen) atoms. The molecule has 1 aromatic carbocycles. The van der Waals surface area contributed by atoms with Crippen LogP contribution in [-0.4, -0.2) is 12.0 Å². The molecule has 0 spiro atoms. The zero-order valence-corrected chi connectivity index (χ0v) is 10.1. The smallest absolute Gasteiger partial charge is 0.206 e. The molecule has 0 unspecified atom stereocenters. The van der Waals surface area contributed by atoms with Crippen molar-refractivity contribution in [1.82, 2.24) is 10.7 Å². The van der Waals surface area contributed by atoms with Crippen LogP contribution in [0, 0.1) is 11.3 Å². The molecule has 0 saturated heterocycles. The van der Waals surface area contributed by atoms with Gasteiger partial charge in [0.2, 0.25) is 5.96 Å². The summed E-state index contributed by atoms with van der Waals surface area (Å²) in [5.41, 5.74) is 4.12. The van der Waals surface area contributed by atoms with Crippen molar-refractivity contribution in [3.05, 3.63) is 35.4 Å². The molecule has 90 valence electrons. The van der Waals surface area contributed by atoms with Crippen molar-refractivity contribution in [2.75, 3.05) is 0 Å². The predicted molar refractivity (Wildman–Crippen MR) is 67.9 cm³/mol. The quantitative estimate of drug-likeness (QED) is 0.312. The second-order valence-corrected chi connectivity index (χ2v) is 3.92. The number of hydrogen-bond donors (Lipinski definition) is 3. The normalized spacial score (nSPS) is 11.1. The van der Waals surface area contributed by atoms with Gasteiger partial charge in [0.15, 0.2) is 0 Å². The van der Waals surface area contributed by atoms with Crippen molar-refractivity contribution in [2.45, 2.75) is 26.4 Å². The van der Waals surface area contributed by atoms with Gasteiger partial charge in [-0.05, 0) is 31.5 Å². The SMILES string of the molecule is CC(C)NC(=NCc1cccc(C#N)c1)NN. The first-order chi connectivity index (χ1) is 8.15. The zero-order chi connectivity index (χ0) is 12.7. The molecule has 0 bridgehead atoms. The zero-order valence-electron chi connectivity index (χ0n) is 10.1. The van der Waals surface area contributed by atoms with Crippen LogP contribution < -0.4 is 16.6 Å². The highest BCUT2D eigenvalue weighted by Crippen LogP contribution is 2.05. The van der Waals surface area contributed by atoms with Gasteiger partial charge >= 0.3 is 0 Å². The van der Waals surface area contributed by atoms with E-state index in [1.54, 1.807) is 6.07 Å². The lowest BCUT2D eigenvalue weighted by atomic mass is 10.1. The van der Waals surface area contributed by atoms with Gasteiger partial charge in [0.1, 0.15) is 0 Å². The lowest BCUT2D eigenvalue weighted by molar-refractivity contribution is 0.702. The largest absolute Gasteiger partial charge is 0.353 e. The Morgan fingerprint density at radius 1 is 1.53 bits per heavy atom. The summed E-state index contributed by atoms with van der Waals surface area (Å²) in [7, 11) is 0. The van der Waals surface area contributed by atoms with E-state index >= 15 is 0 Å². The highest BCUT2D eigenvalue weighted by Gasteiger charge is 1.99. The minimum atomic E-state index is 0.259. The Hall–Kier alpha value is -2.06. The van der Waals surface area contributed by atoms with E-state index in [1.165, 1.54) is 0 Å². The van der Waals surface area contributed by atoms with Crippen LogP contribution in [-0.2, 0) is 6.54 Å². The van der Waals surface area contributed by atoms with Crippen LogP contribution in [0.4, 0.5) is 0 Å². The predicted octanol–water partition coefficient (Wildman–Crippen LogP) is 0.876. The minimum absolute atomic E-state index is 0.259. The molecular formula is C12H17N5. The van der Waals surface area contributed by atoms with Gasteiger partial charge in [-0.25, -0.2) is 10.8 Å². The average molecular weight is 231 g/mol. The van der Waals surface area contributed by atoms with Crippen molar-refractivity contribution in [3.63, 3.8) is 0 Å². The molecule has 0 amide bonds. The fourth-order valence-electron chi connectivity index (χ4n) is 1.32. The van der Waals surface area contributed by atoms with Crippen LogP contribution in [0.2, 0.25) is 0 Å². The molecule has 4 N–H and O–H groups in total. The molecule has 0 aliphatic carbocycles. The minimum Gasteiger partial charge on any atom is -0.353 e. The Morgan fingerprint density at radius 3 is 2.88 bits per heavy atom. The Kier molecular flexibility index (Phi) is 4.98. The van der Waals surface area contributed by atoms with E-state index < -0.39 is 0 Å². The number of nitriles is 1. The fourth-order valence-corrected chi connectivity index (χ4v) is 1.32. The molecule has 0 aromatic heterocycles. The van der Waals surface area contributed by atoms with Crippen LogP contribution in [0.15, 0.2) is 29.3 Å². The molecule has 1 aromatic rings. The molecule has 5 heteroatoms. The van der Waals surface area contributed by atoms with Gasteiger partial charge in [-0.15, -0.1) is 0 Å². The van der Waals surface area contributed by atoms with Gasteiger partial charge in [0, 0.05) is 6.04 Å². The van der Waals surface area contributed by atoms with E-state index in [2.05, 4.69) is 21.8 Å². The van der Waals surface area contributed by atoms with E-state index in [-0.39, 0.29) is 6.04 Å². The van der Waals surface area contributed by atoms with E-state index in [9.17, 15) is 0 Å². The molecular weight excluding hydrogens is 214 g/mol. The summed E-state index contributed by atoms with van der Waals surface area (Å²) in [6.45, 7) is 4.49. The van der Waals surface area contributed by atoms with Crippen LogP contribution in [0.5, 0.6) is 0 Å². The number of rotatable bonds is 3. The topological polar surface area (TPSA) is 86.2 Å². The molecule has 5 nitrogen and oxygen atoms in total. The third-order valence-electron chi connectivity index (χ3n) is 2.04. The van der Waals surface area contributed by atoms with Crippen molar-refractivity contribution in [3.8, 4) is 6.07 Å². The molecule has 1 rings (SSSR count). The third kappa shape index (κ3) is 4.53. The van der Waals surface area contributed by atoms with Crippen molar-refractivity contribution >= 4 is 5.96 Å². The van der Waals surface area contributed by atoms with Crippen molar-refractivity contribution < 1.29 is 0 Å². The number of hydrazine groups is 1. The number of hydrogen-bond acceptors (Lipinski definition) is 3. The summed E-state index contributed by atoms with van der Waals surface area (Å²) in [6, 6.07) is 9.70. The number of benzene rings is 1. The Bertz CT molecular complexity index is 431. The highest BCUT2D eigenvalue weighted by atomic mass is 15.3. The van der Waals surface area contributed by atoms with Gasteiger partial charge in [-0.2, -0.15) is 5.26 Å². The van der Waals surface area contributed by atoms with Crippen molar-refractivity contribution in [2.24, 2.45) is 10.8 Å². The second kappa shape index (κ2) is 6.51. The number of nitrogens with zero attached hydrogens (tertiary/aromatic N) is 2. The van der Waals surface area contributed by atoms with Crippen LogP contribution in [0.3, 0.4) is 0 Å². The molecule has 0 saturated carbocycles. The molecule has 0 fully saturated rings. The fraction of sp³-hybridized carbons (Fsp3) is 0.333. The van der Waals surface area contributed by atoms with Crippen molar-refractivity contribution in [1.29, 1.82) is 5.26 Å². The number of aliphatic imine (C=N–C) groups is 1. The molecule has 0 aliphatic rings. The maximum atomic E-state index is 8.77. The third-order valence-corrected chi connectivity index (χ3v) is 2.04. The standard InChI is InChI=1S/C12H17N5/c1-9(2)16-12(17-14)15-8-11-5-3-4-10(6-11)7-13/h3-6,9H,8,14H2,1-2H3,(H2,15,16,17). The maximum Gasteiger partial charge on any atom is 0.206 e. The van der Waals surface area contributed by atoms with Gasteiger partial charge < -0.3 is 5.32 Å². The Labute approximate surface area is 101 Å². The summed E-state index contributed by atoms with van der Waals surface area (Å²) >= 11 is 0.